The molecule has 12 heavy (non-hydrogen) atoms. The van der Waals surface area contributed by atoms with E-state index in [1.807, 2.05) is 0 Å². The lowest BCUT2D eigenvalue weighted by molar-refractivity contribution is -0.362. The van der Waals surface area contributed by atoms with Gasteiger partial charge in [0.05, 0.1) is 0 Å². The molecular formula is C4H22N4O4. The lowest BCUT2D eigenvalue weighted by atomic mass is 10.9. The van der Waals surface area contributed by atoms with Crippen LogP contribution in [0.2, 0.25) is 0 Å². The Labute approximate surface area is 72.3 Å². The summed E-state index contributed by atoms with van der Waals surface area (Å²) in [6, 6.07) is 0. The lowest BCUT2D eigenvalue weighted by Gasteiger charge is -1.79. The van der Waals surface area contributed by atoms with Gasteiger partial charge in [-0.25, -0.2) is 0 Å². The van der Waals surface area contributed by atoms with E-state index in [1.54, 1.807) is 13.8 Å². The first-order chi connectivity index (χ1) is 4.24. The fourth-order valence-electron chi connectivity index (χ4n) is 0. The van der Waals surface area contributed by atoms with Gasteiger partial charge in [0.1, 0.15) is 0 Å². The van der Waals surface area contributed by atoms with Gasteiger partial charge in [0.25, 0.3) is 0 Å². The van der Waals surface area contributed by atoms with Gasteiger partial charge in [-0.3, -0.25) is 0 Å². The van der Waals surface area contributed by atoms with Crippen molar-refractivity contribution in [3.63, 3.8) is 0 Å². The van der Waals surface area contributed by atoms with Gasteiger partial charge in [-0.2, -0.15) is 0 Å². The summed E-state index contributed by atoms with van der Waals surface area (Å²) in [4.78, 5) is 8.00. The average molecular weight is 190 g/mol. The molecule has 8 heteroatoms. The van der Waals surface area contributed by atoms with Crippen LogP contribution in [0.5, 0.6) is 0 Å². The monoisotopic (exact) mass is 190 g/mol. The van der Waals surface area contributed by atoms with Crippen molar-refractivity contribution < 1.29 is 10.2 Å². The van der Waals surface area contributed by atoms with Crippen LogP contribution in [0.25, 0.3) is 0 Å². The van der Waals surface area contributed by atoms with Gasteiger partial charge in [0, 0.05) is 0 Å². The third-order valence-electron chi connectivity index (χ3n) is 0. The lowest BCUT2D eigenvalue weighted by Crippen LogP contribution is -1.97. The van der Waals surface area contributed by atoms with Crippen molar-refractivity contribution in [2.75, 3.05) is 13.2 Å². The minimum Gasteiger partial charge on any atom is -0.855 e. The number of hydrogen-bond acceptors (Lipinski definition) is 5. The van der Waals surface area contributed by atoms with Crippen molar-refractivity contribution in [1.82, 2.24) is 18.5 Å². The van der Waals surface area contributed by atoms with Gasteiger partial charge < -0.3 is 38.8 Å². The predicted molar refractivity (Wildman–Crippen MR) is 48.2 cm³/mol. The number of quaternary nitrogens is 3. The van der Waals surface area contributed by atoms with Crippen LogP contribution in [0.15, 0.2) is 5.34 Å². The van der Waals surface area contributed by atoms with Crippen LogP contribution in [0.4, 0.5) is 0 Å². The third-order valence-corrected chi connectivity index (χ3v) is 0. The summed E-state index contributed by atoms with van der Waals surface area (Å²) in [5.74, 6) is 0. The van der Waals surface area contributed by atoms with Gasteiger partial charge in [-0.05, 0) is 0 Å². The third kappa shape index (κ3) is 967. The molecule has 0 spiro atoms. The Hall–Kier alpha value is -0.800. The SMILES string of the molecule is CC[O-].CC[O-].O=N[O-].[NH4+].[NH4+].[NH4+]. The van der Waals surface area contributed by atoms with Gasteiger partial charge in [0.15, 0.2) is 0 Å². The zero-order chi connectivity index (χ0) is 8.12. The Kier molecular flexibility index (Phi) is 641. The Morgan fingerprint density at radius 2 is 1.00 bits per heavy atom. The molecule has 0 heterocycles. The maximum Gasteiger partial charge on any atom is -0.0809 e. The molecule has 82 valence electrons. The molecule has 0 unspecified atom stereocenters. The van der Waals surface area contributed by atoms with Gasteiger partial charge in [-0.1, -0.05) is 13.8 Å². The van der Waals surface area contributed by atoms with Crippen LogP contribution < -0.4 is 28.7 Å². The highest BCUT2D eigenvalue weighted by molar-refractivity contribution is 4.21. The second-order valence-corrected chi connectivity index (χ2v) is 0.652. The fourth-order valence-corrected chi connectivity index (χ4v) is 0. The van der Waals surface area contributed by atoms with Crippen molar-refractivity contribution in [3.8, 4) is 0 Å². The van der Waals surface area contributed by atoms with Crippen LogP contribution in [0.1, 0.15) is 13.8 Å². The minimum absolute atomic E-state index is 0. The molecule has 0 saturated heterocycles. The largest absolute Gasteiger partial charge is 0.855 e. The summed E-state index contributed by atoms with van der Waals surface area (Å²) in [5.41, 5.74) is 0. The molecule has 0 aromatic carbocycles. The van der Waals surface area contributed by atoms with Crippen LogP contribution in [-0.4, -0.2) is 13.2 Å². The molecule has 0 radical (unpaired) electrons. The van der Waals surface area contributed by atoms with E-state index in [9.17, 15) is 0 Å². The van der Waals surface area contributed by atoms with E-state index >= 15 is 0 Å². The molecule has 0 atom stereocenters. The first kappa shape index (κ1) is 43.1. The Balaban J connectivity index is -0.00000001000. The molecule has 0 amide bonds. The standard InChI is InChI=1S/2C2H5O.HNO2.3H3N/c2*1-2-3;2-1-3;;;/h2*2H2,1H3;(H,2,3);3*1H3/q2*-1;;;;/p+2. The highest BCUT2D eigenvalue weighted by Gasteiger charge is 1.16. The predicted octanol–water partition coefficient (Wildman–Crippen LogP) is 0.112. The van der Waals surface area contributed by atoms with E-state index in [0.29, 0.717) is 0 Å². The van der Waals surface area contributed by atoms with E-state index < -0.39 is 0 Å². The molecule has 0 saturated carbocycles. The quantitative estimate of drug-likeness (QED) is 0.358. The smallest absolute Gasteiger partial charge is 0.0809 e. The minimum atomic E-state index is 0. The zero-order valence-corrected chi connectivity index (χ0v) is 8.49. The maximum atomic E-state index is 8.93. The molecule has 0 rings (SSSR count). The number of nitrogens with zero attached hydrogens (tertiary/aromatic N) is 1. The van der Waals surface area contributed by atoms with Crippen molar-refractivity contribution in [1.29, 1.82) is 0 Å². The molecule has 0 bridgehead atoms. The first-order valence-corrected chi connectivity index (χ1v) is 2.36. The molecular weight excluding hydrogens is 168 g/mol. The van der Waals surface area contributed by atoms with Crippen molar-refractivity contribution in [3.05, 3.63) is 10.1 Å². The van der Waals surface area contributed by atoms with Crippen LogP contribution >= 0.6 is 0 Å². The highest BCUT2D eigenvalue weighted by atomic mass is 16.6. The zero-order valence-electron chi connectivity index (χ0n) is 8.49. The van der Waals surface area contributed by atoms with E-state index in [-0.39, 0.29) is 31.7 Å². The average Bonchev–Trinajstić information content (AvgIpc) is 1.70. The van der Waals surface area contributed by atoms with Gasteiger partial charge in [0.2, 0.25) is 0 Å². The van der Waals surface area contributed by atoms with E-state index in [1.165, 1.54) is 0 Å². The topological polar surface area (TPSA) is 208 Å². The van der Waals surface area contributed by atoms with Crippen molar-refractivity contribution in [2.24, 2.45) is 5.34 Å². The van der Waals surface area contributed by atoms with E-state index in [4.69, 9.17) is 20.3 Å². The summed E-state index contributed by atoms with van der Waals surface area (Å²) in [6.45, 7) is 3.14. The maximum absolute atomic E-state index is 8.93. The van der Waals surface area contributed by atoms with E-state index in [2.05, 4.69) is 0 Å². The number of rotatable bonds is 0. The summed E-state index contributed by atoms with van der Waals surface area (Å²) in [7, 11) is 0. The van der Waals surface area contributed by atoms with Crippen LogP contribution in [0, 0.1) is 10.1 Å². The molecule has 0 aromatic heterocycles. The van der Waals surface area contributed by atoms with Gasteiger partial charge in [-0.15, -0.1) is 18.6 Å². The second kappa shape index (κ2) is 178. The molecule has 12 N–H and O–H groups in total. The molecule has 8 nitrogen and oxygen atoms in total. The second-order valence-electron chi connectivity index (χ2n) is 0.652. The molecule has 0 aliphatic carbocycles. The molecule has 0 fully saturated rings. The summed E-state index contributed by atoms with van der Waals surface area (Å²) >= 11 is 0. The first-order valence-electron chi connectivity index (χ1n) is 2.36. The van der Waals surface area contributed by atoms with Gasteiger partial charge >= 0.3 is 0 Å². The van der Waals surface area contributed by atoms with Crippen molar-refractivity contribution in [2.45, 2.75) is 13.8 Å². The summed E-state index contributed by atoms with van der Waals surface area (Å²) in [5, 5.41) is 26.9. The van der Waals surface area contributed by atoms with Crippen LogP contribution in [0.3, 0.4) is 0 Å². The molecule has 0 aliphatic heterocycles. The Morgan fingerprint density at radius 3 is 1.00 bits per heavy atom. The fraction of sp³-hybridized carbons (Fsp3) is 1.00. The van der Waals surface area contributed by atoms with Crippen LogP contribution in [-0.2, 0) is 0 Å². The molecule has 0 aromatic rings. The Morgan fingerprint density at radius 1 is 1.00 bits per heavy atom. The Bertz CT molecular complexity index is 38.2. The normalized spacial score (nSPS) is 4.00. The van der Waals surface area contributed by atoms with Crippen molar-refractivity contribution >= 4 is 0 Å². The van der Waals surface area contributed by atoms with E-state index in [0.717, 1.165) is 5.34 Å². The summed E-state index contributed by atoms with van der Waals surface area (Å²) in [6.07, 6.45) is 0. The molecule has 0 aliphatic rings. The summed E-state index contributed by atoms with van der Waals surface area (Å²) < 4.78 is 0. The highest BCUT2D eigenvalue weighted by Crippen LogP contribution is 1.34. The number of hydrogen-bond donors (Lipinski definition) is 3.